The highest BCUT2D eigenvalue weighted by Crippen LogP contribution is 2.19. The van der Waals surface area contributed by atoms with Crippen LogP contribution < -0.4 is 5.32 Å². The molecule has 2 rings (SSSR count). The molecular weight excluding hydrogens is 318 g/mol. The Hall–Kier alpha value is -1.82. The van der Waals surface area contributed by atoms with Crippen LogP contribution in [0.5, 0.6) is 0 Å². The predicted molar refractivity (Wildman–Crippen MR) is 98.0 cm³/mol. The SMILES string of the molecule is Cc1cc(C(=O)CN2CC[C@@H](NC(=O)OC(C)(C)C)C[C@H]2C)c(C)[nH]1. The van der Waals surface area contributed by atoms with E-state index in [0.717, 1.165) is 36.3 Å². The molecule has 1 amide bonds. The van der Waals surface area contributed by atoms with Crippen molar-refractivity contribution in [2.75, 3.05) is 13.1 Å². The van der Waals surface area contributed by atoms with Crippen LogP contribution in [0, 0.1) is 13.8 Å². The van der Waals surface area contributed by atoms with Gasteiger partial charge in [-0.15, -0.1) is 0 Å². The first kappa shape index (κ1) is 19.5. The number of hydrogen-bond donors (Lipinski definition) is 2. The van der Waals surface area contributed by atoms with Crippen molar-refractivity contribution in [3.05, 3.63) is 23.0 Å². The Morgan fingerprint density at radius 1 is 1.36 bits per heavy atom. The monoisotopic (exact) mass is 349 g/mol. The number of carbonyl (C=O) groups is 2. The summed E-state index contributed by atoms with van der Waals surface area (Å²) in [6.07, 6.45) is 1.27. The lowest BCUT2D eigenvalue weighted by molar-refractivity contribution is 0.0451. The van der Waals surface area contributed by atoms with Gasteiger partial charge in [0.15, 0.2) is 5.78 Å². The molecule has 0 unspecified atom stereocenters. The van der Waals surface area contributed by atoms with Crippen LogP contribution in [-0.2, 0) is 4.74 Å². The van der Waals surface area contributed by atoms with Crippen molar-refractivity contribution in [3.63, 3.8) is 0 Å². The van der Waals surface area contributed by atoms with Crippen LogP contribution in [0.3, 0.4) is 0 Å². The van der Waals surface area contributed by atoms with E-state index in [2.05, 4.69) is 22.1 Å². The van der Waals surface area contributed by atoms with Gasteiger partial charge in [-0.3, -0.25) is 9.69 Å². The van der Waals surface area contributed by atoms with Crippen molar-refractivity contribution in [2.24, 2.45) is 0 Å². The molecule has 2 N–H and O–H groups in total. The Bertz CT molecular complexity index is 630. The number of ketones is 1. The minimum absolute atomic E-state index is 0.0902. The molecule has 6 heteroatoms. The summed E-state index contributed by atoms with van der Waals surface area (Å²) in [5.41, 5.74) is 2.22. The summed E-state index contributed by atoms with van der Waals surface area (Å²) in [4.78, 5) is 29.8. The van der Waals surface area contributed by atoms with E-state index in [-0.39, 0.29) is 24.0 Å². The Labute approximate surface area is 150 Å². The number of ether oxygens (including phenoxy) is 1. The number of aryl methyl sites for hydroxylation is 2. The van der Waals surface area contributed by atoms with E-state index in [1.54, 1.807) is 0 Å². The van der Waals surface area contributed by atoms with Crippen molar-refractivity contribution >= 4 is 11.9 Å². The smallest absolute Gasteiger partial charge is 0.407 e. The number of amides is 1. The minimum atomic E-state index is -0.491. The maximum atomic E-state index is 12.6. The predicted octanol–water partition coefficient (Wildman–Crippen LogP) is 3.19. The van der Waals surface area contributed by atoms with Crippen LogP contribution >= 0.6 is 0 Å². The van der Waals surface area contributed by atoms with E-state index in [0.29, 0.717) is 6.54 Å². The number of nitrogens with one attached hydrogen (secondary N) is 2. The molecule has 1 aromatic heterocycles. The quantitative estimate of drug-likeness (QED) is 0.819. The lowest BCUT2D eigenvalue weighted by Crippen LogP contribution is -2.50. The number of aromatic nitrogens is 1. The van der Waals surface area contributed by atoms with Gasteiger partial charge < -0.3 is 15.0 Å². The first-order valence-electron chi connectivity index (χ1n) is 8.98. The first-order chi connectivity index (χ1) is 11.5. The van der Waals surface area contributed by atoms with Crippen LogP contribution in [0.4, 0.5) is 4.79 Å². The van der Waals surface area contributed by atoms with Crippen molar-refractivity contribution in [1.82, 2.24) is 15.2 Å². The fraction of sp³-hybridized carbons (Fsp3) is 0.684. The number of hydrogen-bond acceptors (Lipinski definition) is 4. The number of rotatable bonds is 4. The van der Waals surface area contributed by atoms with Gasteiger partial charge in [0.05, 0.1) is 6.54 Å². The standard InChI is InChI=1S/C19H31N3O3/c1-12-9-16(14(3)20-12)17(23)11-22-8-7-15(10-13(22)2)21-18(24)25-19(4,5)6/h9,13,15,20H,7-8,10-11H2,1-6H3,(H,21,24)/t13-,15-/m1/s1. The van der Waals surface area contributed by atoms with Crippen molar-refractivity contribution in [2.45, 2.75) is 72.1 Å². The number of H-pyrrole nitrogens is 1. The Morgan fingerprint density at radius 2 is 2.04 bits per heavy atom. The van der Waals surface area contributed by atoms with E-state index < -0.39 is 5.60 Å². The molecule has 1 saturated heterocycles. The summed E-state index contributed by atoms with van der Waals surface area (Å²) in [7, 11) is 0. The van der Waals surface area contributed by atoms with Gasteiger partial charge >= 0.3 is 6.09 Å². The zero-order chi connectivity index (χ0) is 18.8. The largest absolute Gasteiger partial charge is 0.444 e. The molecule has 0 aliphatic carbocycles. The normalized spacial score (nSPS) is 21.8. The fourth-order valence-corrected chi connectivity index (χ4v) is 3.34. The third-order valence-electron chi connectivity index (χ3n) is 4.53. The molecule has 25 heavy (non-hydrogen) atoms. The molecule has 1 fully saturated rings. The molecule has 140 valence electrons. The highest BCUT2D eigenvalue weighted by molar-refractivity contribution is 5.98. The third-order valence-corrected chi connectivity index (χ3v) is 4.53. The molecular formula is C19H31N3O3. The summed E-state index contributed by atoms with van der Waals surface area (Å²) in [6.45, 7) is 12.8. The average molecular weight is 349 g/mol. The number of alkyl carbamates (subject to hydrolysis) is 1. The number of carbonyl (C=O) groups excluding carboxylic acids is 2. The Kier molecular flexibility index (Phi) is 5.93. The topological polar surface area (TPSA) is 74.4 Å². The van der Waals surface area contributed by atoms with Gasteiger partial charge in [0.25, 0.3) is 0 Å². The van der Waals surface area contributed by atoms with Gasteiger partial charge in [-0.2, -0.15) is 0 Å². The summed E-state index contributed by atoms with van der Waals surface area (Å²) in [5.74, 6) is 0.146. The van der Waals surface area contributed by atoms with Crippen LogP contribution in [0.15, 0.2) is 6.07 Å². The maximum Gasteiger partial charge on any atom is 0.407 e. The molecule has 2 heterocycles. The molecule has 1 aliphatic heterocycles. The van der Waals surface area contributed by atoms with Gasteiger partial charge in [-0.25, -0.2) is 4.79 Å². The van der Waals surface area contributed by atoms with E-state index in [4.69, 9.17) is 4.74 Å². The van der Waals surface area contributed by atoms with Crippen LogP contribution in [0.25, 0.3) is 0 Å². The number of nitrogens with zero attached hydrogens (tertiary/aromatic N) is 1. The second-order valence-electron chi connectivity index (χ2n) is 8.10. The molecule has 6 nitrogen and oxygen atoms in total. The first-order valence-corrected chi connectivity index (χ1v) is 8.98. The second-order valence-corrected chi connectivity index (χ2v) is 8.10. The number of aromatic amines is 1. The van der Waals surface area contributed by atoms with Crippen molar-refractivity contribution in [1.29, 1.82) is 0 Å². The zero-order valence-electron chi connectivity index (χ0n) is 16.2. The van der Waals surface area contributed by atoms with Crippen LogP contribution in [0.1, 0.15) is 62.3 Å². The third kappa shape index (κ3) is 5.59. The van der Waals surface area contributed by atoms with E-state index >= 15 is 0 Å². The lowest BCUT2D eigenvalue weighted by Gasteiger charge is -2.37. The van der Waals surface area contributed by atoms with E-state index in [1.165, 1.54) is 0 Å². The van der Waals surface area contributed by atoms with Gasteiger partial charge in [-0.05, 0) is 60.5 Å². The van der Waals surface area contributed by atoms with Crippen LogP contribution in [0.2, 0.25) is 0 Å². The fourth-order valence-electron chi connectivity index (χ4n) is 3.34. The molecule has 0 saturated carbocycles. The molecule has 0 radical (unpaired) electrons. The van der Waals surface area contributed by atoms with Gasteiger partial charge in [0.2, 0.25) is 0 Å². The Balaban J connectivity index is 1.86. The molecule has 0 spiro atoms. The van der Waals surface area contributed by atoms with Crippen molar-refractivity contribution in [3.8, 4) is 0 Å². The number of piperidine rings is 1. The maximum absolute atomic E-state index is 12.6. The highest BCUT2D eigenvalue weighted by Gasteiger charge is 2.29. The molecule has 2 atom stereocenters. The Morgan fingerprint density at radius 3 is 2.56 bits per heavy atom. The van der Waals surface area contributed by atoms with Gasteiger partial charge in [0, 0.05) is 35.6 Å². The summed E-state index contributed by atoms with van der Waals surface area (Å²) in [5, 5.41) is 2.95. The lowest BCUT2D eigenvalue weighted by atomic mass is 9.97. The summed E-state index contributed by atoms with van der Waals surface area (Å²) in [6, 6.07) is 2.24. The van der Waals surface area contributed by atoms with E-state index in [9.17, 15) is 9.59 Å². The molecule has 0 bridgehead atoms. The average Bonchev–Trinajstić information content (AvgIpc) is 2.78. The van der Waals surface area contributed by atoms with E-state index in [1.807, 2.05) is 40.7 Å². The number of likely N-dealkylation sites (tertiary alicyclic amines) is 1. The molecule has 0 aromatic carbocycles. The van der Waals surface area contributed by atoms with Crippen LogP contribution in [-0.4, -0.2) is 52.5 Å². The van der Waals surface area contributed by atoms with Gasteiger partial charge in [-0.1, -0.05) is 0 Å². The van der Waals surface area contributed by atoms with Gasteiger partial charge in [0.1, 0.15) is 5.60 Å². The highest BCUT2D eigenvalue weighted by atomic mass is 16.6. The molecule has 1 aromatic rings. The van der Waals surface area contributed by atoms with Crippen molar-refractivity contribution < 1.29 is 14.3 Å². The second kappa shape index (κ2) is 7.60. The number of Topliss-reactive ketones (excluding diaryl/α,β-unsaturated/α-hetero) is 1. The zero-order valence-corrected chi connectivity index (χ0v) is 16.2. The minimum Gasteiger partial charge on any atom is -0.444 e. The summed E-state index contributed by atoms with van der Waals surface area (Å²) < 4.78 is 5.32. The summed E-state index contributed by atoms with van der Waals surface area (Å²) >= 11 is 0. The molecule has 1 aliphatic rings.